The number of rotatable bonds is 5. The third kappa shape index (κ3) is 3.54. The van der Waals surface area contributed by atoms with Gasteiger partial charge in [0.2, 0.25) is 11.8 Å². The van der Waals surface area contributed by atoms with Crippen molar-refractivity contribution in [1.29, 1.82) is 0 Å². The van der Waals surface area contributed by atoms with E-state index >= 15 is 0 Å². The first-order valence-corrected chi connectivity index (χ1v) is 8.31. The van der Waals surface area contributed by atoms with Crippen LogP contribution in [0.5, 0.6) is 0 Å². The Morgan fingerprint density at radius 3 is 2.43 bits per heavy atom. The van der Waals surface area contributed by atoms with Gasteiger partial charge in [-0.05, 0) is 36.8 Å². The van der Waals surface area contributed by atoms with Gasteiger partial charge in [0.05, 0.1) is 11.8 Å². The number of piperidine rings is 1. The molecule has 2 aliphatic rings. The van der Waals surface area contributed by atoms with Gasteiger partial charge in [0, 0.05) is 13.1 Å². The zero-order chi connectivity index (χ0) is 16.4. The molecule has 2 fully saturated rings. The van der Waals surface area contributed by atoms with Gasteiger partial charge in [-0.25, -0.2) is 4.39 Å². The fraction of sp³-hybridized carbons (Fsp3) is 0.556. The van der Waals surface area contributed by atoms with E-state index in [0.29, 0.717) is 37.4 Å². The molecule has 0 spiro atoms. The molecule has 2 N–H and O–H groups in total. The lowest BCUT2D eigenvalue weighted by atomic mass is 9.73. The molecular formula is C18H23FN2O2. The van der Waals surface area contributed by atoms with Crippen LogP contribution in [-0.2, 0) is 16.0 Å². The number of primary amides is 1. The summed E-state index contributed by atoms with van der Waals surface area (Å²) in [5.74, 6) is -0.0357. The molecule has 124 valence electrons. The predicted molar refractivity (Wildman–Crippen MR) is 84.9 cm³/mol. The number of nitrogens with zero attached hydrogens (tertiary/aromatic N) is 1. The average molecular weight is 318 g/mol. The summed E-state index contributed by atoms with van der Waals surface area (Å²) in [6, 6.07) is 6.35. The third-order valence-corrected chi connectivity index (χ3v) is 5.27. The van der Waals surface area contributed by atoms with Crippen molar-refractivity contribution in [3.8, 4) is 0 Å². The van der Waals surface area contributed by atoms with Crippen LogP contribution < -0.4 is 5.73 Å². The van der Waals surface area contributed by atoms with Crippen LogP contribution in [0.2, 0.25) is 0 Å². The molecule has 0 unspecified atom stereocenters. The topological polar surface area (TPSA) is 63.4 Å². The molecule has 1 saturated carbocycles. The van der Waals surface area contributed by atoms with Crippen molar-refractivity contribution in [1.82, 2.24) is 4.90 Å². The molecule has 1 aromatic carbocycles. The van der Waals surface area contributed by atoms with Gasteiger partial charge in [-0.1, -0.05) is 31.0 Å². The van der Waals surface area contributed by atoms with Crippen molar-refractivity contribution in [2.45, 2.75) is 38.5 Å². The van der Waals surface area contributed by atoms with Gasteiger partial charge >= 0.3 is 0 Å². The van der Waals surface area contributed by atoms with Crippen LogP contribution in [-0.4, -0.2) is 29.8 Å². The van der Waals surface area contributed by atoms with Gasteiger partial charge in [0.25, 0.3) is 0 Å². The molecule has 1 saturated heterocycles. The van der Waals surface area contributed by atoms with Gasteiger partial charge in [0.1, 0.15) is 5.82 Å². The van der Waals surface area contributed by atoms with Gasteiger partial charge in [0.15, 0.2) is 0 Å². The first-order valence-electron chi connectivity index (χ1n) is 8.31. The van der Waals surface area contributed by atoms with Crippen LogP contribution in [0.15, 0.2) is 24.3 Å². The molecule has 23 heavy (non-hydrogen) atoms. The van der Waals surface area contributed by atoms with Crippen LogP contribution in [0.1, 0.15) is 37.7 Å². The van der Waals surface area contributed by atoms with Gasteiger partial charge < -0.3 is 10.6 Å². The Bertz CT molecular complexity index is 605. The van der Waals surface area contributed by atoms with Crippen molar-refractivity contribution in [3.05, 3.63) is 35.6 Å². The summed E-state index contributed by atoms with van der Waals surface area (Å²) in [6.45, 7) is 1.06. The Morgan fingerprint density at radius 2 is 1.87 bits per heavy atom. The Balaban J connectivity index is 1.60. The van der Waals surface area contributed by atoms with E-state index in [1.165, 1.54) is 18.9 Å². The normalized spacial score (nSPS) is 20.3. The lowest BCUT2D eigenvalue weighted by Crippen LogP contribution is -2.49. The summed E-state index contributed by atoms with van der Waals surface area (Å²) < 4.78 is 13.7. The van der Waals surface area contributed by atoms with Crippen molar-refractivity contribution in [2.75, 3.05) is 13.1 Å². The molecule has 3 rings (SSSR count). The van der Waals surface area contributed by atoms with Crippen LogP contribution in [0.3, 0.4) is 0 Å². The fourth-order valence-electron chi connectivity index (χ4n) is 3.53. The Labute approximate surface area is 135 Å². The smallest absolute Gasteiger partial charge is 0.227 e. The highest BCUT2D eigenvalue weighted by molar-refractivity contribution is 5.82. The van der Waals surface area contributed by atoms with Crippen LogP contribution in [0.25, 0.3) is 0 Å². The monoisotopic (exact) mass is 318 g/mol. The Kier molecular flexibility index (Phi) is 4.37. The van der Waals surface area contributed by atoms with E-state index in [1.807, 2.05) is 0 Å². The summed E-state index contributed by atoms with van der Waals surface area (Å²) >= 11 is 0. The minimum Gasteiger partial charge on any atom is -0.369 e. The zero-order valence-corrected chi connectivity index (χ0v) is 13.3. The number of hydrogen-bond acceptors (Lipinski definition) is 2. The van der Waals surface area contributed by atoms with E-state index in [0.717, 1.165) is 6.42 Å². The second-order valence-corrected chi connectivity index (χ2v) is 6.94. The van der Waals surface area contributed by atoms with E-state index in [-0.39, 0.29) is 24.1 Å². The summed E-state index contributed by atoms with van der Waals surface area (Å²) in [6.07, 6.45) is 4.55. The zero-order valence-electron chi connectivity index (χ0n) is 13.3. The molecule has 5 heteroatoms. The molecule has 0 radical (unpaired) electrons. The highest BCUT2D eigenvalue weighted by Gasteiger charge is 2.44. The summed E-state index contributed by atoms with van der Waals surface area (Å²) in [5, 5.41) is 0. The molecule has 0 bridgehead atoms. The number of benzene rings is 1. The highest BCUT2D eigenvalue weighted by atomic mass is 19.1. The molecule has 2 amide bonds. The van der Waals surface area contributed by atoms with E-state index in [4.69, 9.17) is 5.73 Å². The van der Waals surface area contributed by atoms with Crippen LogP contribution >= 0.6 is 0 Å². The van der Waals surface area contributed by atoms with Gasteiger partial charge in [-0.2, -0.15) is 0 Å². The van der Waals surface area contributed by atoms with Crippen molar-refractivity contribution < 1.29 is 14.0 Å². The molecule has 4 nitrogen and oxygen atoms in total. The minimum absolute atomic E-state index is 0.0683. The van der Waals surface area contributed by atoms with E-state index in [9.17, 15) is 14.0 Å². The lowest BCUT2D eigenvalue weighted by Gasteiger charge is -2.40. The standard InChI is InChI=1S/C18H23FN2O2/c19-15-4-2-1-3-14(15)11-16(22)21-9-7-18(8-10-21,17(20)23)12-13-5-6-13/h1-4,13H,5-12H2,(H2,20,23). The molecular weight excluding hydrogens is 295 g/mol. The first kappa shape index (κ1) is 16.0. The largest absolute Gasteiger partial charge is 0.369 e. The predicted octanol–water partition coefficient (Wildman–Crippen LogP) is 2.26. The van der Waals surface area contributed by atoms with E-state index < -0.39 is 5.41 Å². The quantitative estimate of drug-likeness (QED) is 0.905. The van der Waals surface area contributed by atoms with Crippen LogP contribution in [0, 0.1) is 17.2 Å². The van der Waals surface area contributed by atoms with Crippen molar-refractivity contribution in [2.24, 2.45) is 17.1 Å². The molecule has 1 aliphatic carbocycles. The maximum Gasteiger partial charge on any atom is 0.227 e. The Hall–Kier alpha value is -1.91. The maximum absolute atomic E-state index is 13.7. The average Bonchev–Trinajstić information content (AvgIpc) is 3.34. The second kappa shape index (κ2) is 6.30. The van der Waals surface area contributed by atoms with Crippen molar-refractivity contribution >= 4 is 11.8 Å². The summed E-state index contributed by atoms with van der Waals surface area (Å²) in [4.78, 5) is 26.0. The lowest BCUT2D eigenvalue weighted by molar-refractivity contribution is -0.139. The number of hydrogen-bond donors (Lipinski definition) is 1. The first-order chi connectivity index (χ1) is 11.0. The third-order valence-electron chi connectivity index (χ3n) is 5.27. The summed E-state index contributed by atoms with van der Waals surface area (Å²) in [7, 11) is 0. The number of carbonyl (C=O) groups is 2. The molecule has 0 aromatic heterocycles. The minimum atomic E-state index is -0.448. The number of halogens is 1. The number of nitrogens with two attached hydrogens (primary N) is 1. The van der Waals surface area contributed by atoms with Crippen LogP contribution in [0.4, 0.5) is 4.39 Å². The second-order valence-electron chi connectivity index (χ2n) is 6.94. The van der Waals surface area contributed by atoms with E-state index in [2.05, 4.69) is 0 Å². The number of amides is 2. The van der Waals surface area contributed by atoms with Gasteiger partial charge in [-0.15, -0.1) is 0 Å². The number of carbonyl (C=O) groups excluding carboxylic acids is 2. The molecule has 1 aromatic rings. The molecule has 1 aliphatic heterocycles. The van der Waals surface area contributed by atoms with E-state index in [1.54, 1.807) is 23.1 Å². The molecule has 1 heterocycles. The maximum atomic E-state index is 13.7. The summed E-state index contributed by atoms with van der Waals surface area (Å²) in [5.41, 5.74) is 5.62. The van der Waals surface area contributed by atoms with Crippen molar-refractivity contribution in [3.63, 3.8) is 0 Å². The number of likely N-dealkylation sites (tertiary alicyclic amines) is 1. The highest BCUT2D eigenvalue weighted by Crippen LogP contribution is 2.45. The SMILES string of the molecule is NC(=O)C1(CC2CC2)CCN(C(=O)Cc2ccccc2F)CC1. The Morgan fingerprint density at radius 1 is 1.22 bits per heavy atom. The fourth-order valence-corrected chi connectivity index (χ4v) is 3.53. The van der Waals surface area contributed by atoms with Gasteiger partial charge in [-0.3, -0.25) is 9.59 Å². The molecule has 0 atom stereocenters.